The van der Waals surface area contributed by atoms with Crippen LogP contribution in [0, 0.1) is 11.3 Å². The molecule has 2 rings (SSSR count). The van der Waals surface area contributed by atoms with E-state index in [0.29, 0.717) is 17.5 Å². The van der Waals surface area contributed by atoms with Gasteiger partial charge in [-0.25, -0.2) is 4.79 Å². The van der Waals surface area contributed by atoms with Gasteiger partial charge in [0.2, 0.25) is 0 Å². The number of aromatic nitrogens is 1. The van der Waals surface area contributed by atoms with Gasteiger partial charge in [0.25, 0.3) is 0 Å². The topological polar surface area (TPSA) is 73.0 Å². The summed E-state index contributed by atoms with van der Waals surface area (Å²) in [7, 11) is 3.95. The van der Waals surface area contributed by atoms with Gasteiger partial charge in [-0.3, -0.25) is 4.98 Å². The normalized spacial score (nSPS) is 12.8. The highest BCUT2D eigenvalue weighted by Crippen LogP contribution is 2.25. The summed E-state index contributed by atoms with van der Waals surface area (Å²) in [4.78, 5) is 15.8. The molecule has 18 heavy (non-hydrogen) atoms. The summed E-state index contributed by atoms with van der Waals surface area (Å²) in [5, 5.41) is 8.69. The second-order valence-corrected chi connectivity index (χ2v) is 4.45. The molecule has 0 radical (unpaired) electrons. The second-order valence-electron chi connectivity index (χ2n) is 4.45. The lowest BCUT2D eigenvalue weighted by molar-refractivity contribution is 0.286. The minimum Gasteiger partial charge on any atom is -0.408 e. The number of rotatable bonds is 4. The SMILES string of the molecule is CN(C)C(CCC#N)c1ccc2oc(=O)[nH]c2c1. The van der Waals surface area contributed by atoms with Gasteiger partial charge in [0.15, 0.2) is 5.58 Å². The summed E-state index contributed by atoms with van der Waals surface area (Å²) >= 11 is 0. The quantitative estimate of drug-likeness (QED) is 0.894. The summed E-state index contributed by atoms with van der Waals surface area (Å²) in [6.45, 7) is 0. The number of H-pyrrole nitrogens is 1. The van der Waals surface area contributed by atoms with Gasteiger partial charge in [0, 0.05) is 12.5 Å². The zero-order valence-electron chi connectivity index (χ0n) is 10.4. The number of fused-ring (bicyclic) bond motifs is 1. The fraction of sp³-hybridized carbons (Fsp3) is 0.385. The Balaban J connectivity index is 2.37. The van der Waals surface area contributed by atoms with Crippen LogP contribution in [0.3, 0.4) is 0 Å². The van der Waals surface area contributed by atoms with E-state index in [1.54, 1.807) is 6.07 Å². The third kappa shape index (κ3) is 2.44. The van der Waals surface area contributed by atoms with Crippen molar-refractivity contribution in [1.82, 2.24) is 9.88 Å². The van der Waals surface area contributed by atoms with Crippen LogP contribution in [-0.2, 0) is 0 Å². The van der Waals surface area contributed by atoms with Crippen molar-refractivity contribution in [3.63, 3.8) is 0 Å². The Kier molecular flexibility index (Phi) is 3.49. The number of oxazole rings is 1. The summed E-state index contributed by atoms with van der Waals surface area (Å²) in [5.41, 5.74) is 2.32. The third-order valence-corrected chi connectivity index (χ3v) is 2.98. The van der Waals surface area contributed by atoms with E-state index in [1.807, 2.05) is 26.2 Å². The molecular formula is C13H15N3O2. The molecule has 1 heterocycles. The summed E-state index contributed by atoms with van der Waals surface area (Å²) in [6, 6.07) is 7.94. The average Bonchev–Trinajstić information content (AvgIpc) is 2.68. The molecule has 0 spiro atoms. The van der Waals surface area contributed by atoms with Crippen LogP contribution >= 0.6 is 0 Å². The van der Waals surface area contributed by atoms with Crippen LogP contribution in [0.2, 0.25) is 0 Å². The van der Waals surface area contributed by atoms with Gasteiger partial charge in [-0.2, -0.15) is 5.26 Å². The van der Waals surface area contributed by atoms with Gasteiger partial charge in [-0.05, 0) is 38.2 Å². The Hall–Kier alpha value is -2.06. The lowest BCUT2D eigenvalue weighted by Crippen LogP contribution is -2.19. The Morgan fingerprint density at radius 3 is 2.94 bits per heavy atom. The second kappa shape index (κ2) is 5.07. The first-order chi connectivity index (χ1) is 8.61. The smallest absolute Gasteiger partial charge is 0.408 e. The van der Waals surface area contributed by atoms with Gasteiger partial charge in [0.1, 0.15) is 0 Å². The molecule has 1 unspecified atom stereocenters. The molecule has 0 fully saturated rings. The van der Waals surface area contributed by atoms with Gasteiger partial charge in [-0.1, -0.05) is 6.07 Å². The minimum atomic E-state index is -0.444. The van der Waals surface area contributed by atoms with Crippen LogP contribution in [0.5, 0.6) is 0 Å². The van der Waals surface area contributed by atoms with Crippen LogP contribution in [0.15, 0.2) is 27.4 Å². The van der Waals surface area contributed by atoms with Crippen molar-refractivity contribution in [3.05, 3.63) is 34.3 Å². The summed E-state index contributed by atoms with van der Waals surface area (Å²) in [6.07, 6.45) is 1.26. The van der Waals surface area contributed by atoms with Crippen molar-refractivity contribution < 1.29 is 4.42 Å². The van der Waals surface area contributed by atoms with Crippen LogP contribution in [-0.4, -0.2) is 24.0 Å². The molecule has 1 aromatic carbocycles. The Labute approximate surface area is 105 Å². The molecule has 0 aliphatic rings. The summed E-state index contributed by atoms with van der Waals surface area (Å²) < 4.78 is 4.97. The molecule has 0 saturated carbocycles. The molecule has 0 saturated heterocycles. The maximum atomic E-state index is 11.1. The molecular weight excluding hydrogens is 230 g/mol. The molecule has 1 atom stereocenters. The van der Waals surface area contributed by atoms with Crippen molar-refractivity contribution in [2.75, 3.05) is 14.1 Å². The molecule has 5 heteroatoms. The van der Waals surface area contributed by atoms with E-state index in [2.05, 4.69) is 16.0 Å². The van der Waals surface area contributed by atoms with Gasteiger partial charge >= 0.3 is 5.76 Å². The van der Waals surface area contributed by atoms with E-state index in [9.17, 15) is 4.79 Å². The Morgan fingerprint density at radius 2 is 2.28 bits per heavy atom. The number of hydrogen-bond donors (Lipinski definition) is 1. The standard InChI is InChI=1S/C13H15N3O2/c1-16(2)11(4-3-7-14)9-5-6-12-10(8-9)15-13(17)18-12/h5-6,8,11H,3-4H2,1-2H3,(H,15,17). The lowest BCUT2D eigenvalue weighted by Gasteiger charge is -2.23. The number of nitrogens with one attached hydrogen (secondary N) is 1. The molecule has 0 aliphatic heterocycles. The predicted octanol–water partition coefficient (Wildman–Crippen LogP) is 2.03. The van der Waals surface area contributed by atoms with E-state index in [0.717, 1.165) is 12.0 Å². The molecule has 5 nitrogen and oxygen atoms in total. The fourth-order valence-electron chi connectivity index (χ4n) is 2.10. The van der Waals surface area contributed by atoms with Gasteiger partial charge < -0.3 is 9.32 Å². The highest BCUT2D eigenvalue weighted by molar-refractivity contribution is 5.72. The molecule has 2 aromatic rings. The van der Waals surface area contributed by atoms with E-state index >= 15 is 0 Å². The fourth-order valence-corrected chi connectivity index (χ4v) is 2.10. The number of aromatic amines is 1. The monoisotopic (exact) mass is 245 g/mol. The largest absolute Gasteiger partial charge is 0.417 e. The van der Waals surface area contributed by atoms with E-state index in [1.165, 1.54) is 0 Å². The van der Waals surface area contributed by atoms with Crippen molar-refractivity contribution in [3.8, 4) is 6.07 Å². The molecule has 0 amide bonds. The molecule has 1 aromatic heterocycles. The van der Waals surface area contributed by atoms with Crippen molar-refractivity contribution >= 4 is 11.1 Å². The molecule has 0 aliphatic carbocycles. The van der Waals surface area contributed by atoms with Crippen molar-refractivity contribution in [2.45, 2.75) is 18.9 Å². The number of benzene rings is 1. The predicted molar refractivity (Wildman–Crippen MR) is 68.1 cm³/mol. The lowest BCUT2D eigenvalue weighted by atomic mass is 10.0. The van der Waals surface area contributed by atoms with Crippen molar-refractivity contribution in [2.24, 2.45) is 0 Å². The number of hydrogen-bond acceptors (Lipinski definition) is 4. The molecule has 0 bridgehead atoms. The first-order valence-corrected chi connectivity index (χ1v) is 5.78. The first kappa shape index (κ1) is 12.4. The highest BCUT2D eigenvalue weighted by Gasteiger charge is 2.15. The summed E-state index contributed by atoms with van der Waals surface area (Å²) in [5.74, 6) is -0.444. The Morgan fingerprint density at radius 1 is 1.50 bits per heavy atom. The zero-order valence-corrected chi connectivity index (χ0v) is 10.4. The first-order valence-electron chi connectivity index (χ1n) is 5.78. The third-order valence-electron chi connectivity index (χ3n) is 2.98. The number of nitriles is 1. The van der Waals surface area contributed by atoms with E-state index in [4.69, 9.17) is 9.68 Å². The van der Waals surface area contributed by atoms with Crippen LogP contribution in [0.1, 0.15) is 24.4 Å². The van der Waals surface area contributed by atoms with Crippen LogP contribution in [0.4, 0.5) is 0 Å². The Bertz CT molecular complexity index is 633. The number of nitrogens with zero attached hydrogens (tertiary/aromatic N) is 2. The molecule has 1 N–H and O–H groups in total. The molecule has 94 valence electrons. The van der Waals surface area contributed by atoms with Crippen molar-refractivity contribution in [1.29, 1.82) is 5.26 Å². The van der Waals surface area contributed by atoms with Gasteiger partial charge in [-0.15, -0.1) is 0 Å². The maximum Gasteiger partial charge on any atom is 0.417 e. The van der Waals surface area contributed by atoms with E-state index in [-0.39, 0.29) is 6.04 Å². The van der Waals surface area contributed by atoms with Crippen LogP contribution < -0.4 is 5.76 Å². The highest BCUT2D eigenvalue weighted by atomic mass is 16.4. The maximum absolute atomic E-state index is 11.1. The zero-order chi connectivity index (χ0) is 13.1. The minimum absolute atomic E-state index is 0.160. The van der Waals surface area contributed by atoms with Crippen LogP contribution in [0.25, 0.3) is 11.1 Å². The van der Waals surface area contributed by atoms with E-state index < -0.39 is 5.76 Å². The van der Waals surface area contributed by atoms with Gasteiger partial charge in [0.05, 0.1) is 11.6 Å². The average molecular weight is 245 g/mol.